The first-order valence-corrected chi connectivity index (χ1v) is 9.44. The SMILES string of the molecule is Cc1ccc2nc(SCC(=O)N[C@@H](c3nccn3C)C3CC3)[nH]c2c1. The smallest absolute Gasteiger partial charge is 0.231 e. The lowest BCUT2D eigenvalue weighted by molar-refractivity contribution is -0.119. The average Bonchev–Trinajstić information content (AvgIpc) is 3.22. The maximum Gasteiger partial charge on any atom is 0.231 e. The summed E-state index contributed by atoms with van der Waals surface area (Å²) >= 11 is 1.43. The van der Waals surface area contributed by atoms with Crippen molar-refractivity contribution in [2.45, 2.75) is 31.0 Å². The molecule has 6 nitrogen and oxygen atoms in total. The second-order valence-corrected chi connectivity index (χ2v) is 7.59. The Hall–Kier alpha value is -2.28. The number of nitrogens with zero attached hydrogens (tertiary/aromatic N) is 3. The van der Waals surface area contributed by atoms with Crippen LogP contribution in [0.1, 0.15) is 30.3 Å². The van der Waals surface area contributed by atoms with E-state index in [1.54, 1.807) is 6.20 Å². The lowest BCUT2D eigenvalue weighted by atomic mass is 10.1. The Bertz CT molecular complexity index is 911. The topological polar surface area (TPSA) is 75.6 Å². The van der Waals surface area contributed by atoms with Crippen LogP contribution in [-0.2, 0) is 11.8 Å². The van der Waals surface area contributed by atoms with Crippen molar-refractivity contribution in [3.63, 3.8) is 0 Å². The second-order valence-electron chi connectivity index (χ2n) is 6.63. The summed E-state index contributed by atoms with van der Waals surface area (Å²) in [5.41, 5.74) is 3.12. The first-order chi connectivity index (χ1) is 12.1. The van der Waals surface area contributed by atoms with E-state index < -0.39 is 0 Å². The van der Waals surface area contributed by atoms with E-state index in [0.717, 1.165) is 34.9 Å². The monoisotopic (exact) mass is 355 g/mol. The van der Waals surface area contributed by atoms with Gasteiger partial charge in [-0.3, -0.25) is 4.79 Å². The van der Waals surface area contributed by atoms with E-state index in [1.165, 1.54) is 17.3 Å². The van der Waals surface area contributed by atoms with Crippen LogP contribution in [0.4, 0.5) is 0 Å². The largest absolute Gasteiger partial charge is 0.345 e. The van der Waals surface area contributed by atoms with Crippen LogP contribution in [0.5, 0.6) is 0 Å². The number of rotatable bonds is 6. The molecule has 0 bridgehead atoms. The number of nitrogens with one attached hydrogen (secondary N) is 2. The number of aromatic amines is 1. The standard InChI is InChI=1S/C18H21N5OS/c1-11-3-6-13-14(9-11)21-18(20-13)25-10-15(24)22-16(12-4-5-12)17-19-7-8-23(17)2/h3,6-9,12,16H,4-5,10H2,1-2H3,(H,20,21)(H,22,24)/t16-/m1/s1. The molecule has 0 unspecified atom stereocenters. The summed E-state index contributed by atoms with van der Waals surface area (Å²) < 4.78 is 1.98. The van der Waals surface area contributed by atoms with Crippen molar-refractivity contribution < 1.29 is 4.79 Å². The third-order valence-corrected chi connectivity index (χ3v) is 5.38. The Morgan fingerprint density at radius 1 is 1.48 bits per heavy atom. The fourth-order valence-corrected chi connectivity index (χ4v) is 3.71. The number of hydrogen-bond acceptors (Lipinski definition) is 4. The van der Waals surface area contributed by atoms with Crippen LogP contribution in [0.25, 0.3) is 11.0 Å². The molecule has 0 radical (unpaired) electrons. The van der Waals surface area contributed by atoms with Crippen LogP contribution in [0.15, 0.2) is 35.7 Å². The number of thioether (sulfide) groups is 1. The van der Waals surface area contributed by atoms with Gasteiger partial charge in [0.25, 0.3) is 0 Å². The van der Waals surface area contributed by atoms with E-state index in [-0.39, 0.29) is 11.9 Å². The van der Waals surface area contributed by atoms with E-state index in [4.69, 9.17) is 0 Å². The number of H-pyrrole nitrogens is 1. The van der Waals surface area contributed by atoms with E-state index >= 15 is 0 Å². The van der Waals surface area contributed by atoms with Gasteiger partial charge < -0.3 is 14.9 Å². The van der Waals surface area contributed by atoms with Gasteiger partial charge in [0.2, 0.25) is 5.91 Å². The summed E-state index contributed by atoms with van der Waals surface area (Å²) in [5, 5.41) is 3.92. The molecule has 1 aliphatic rings. The molecule has 4 rings (SSSR count). The van der Waals surface area contributed by atoms with Gasteiger partial charge in [0.15, 0.2) is 5.16 Å². The summed E-state index contributed by atoms with van der Waals surface area (Å²) in [5.74, 6) is 1.79. The summed E-state index contributed by atoms with van der Waals surface area (Å²) in [6.07, 6.45) is 5.99. The molecule has 2 N–H and O–H groups in total. The number of carbonyl (C=O) groups excluding carboxylic acids is 1. The molecule has 1 amide bonds. The van der Waals surface area contributed by atoms with Crippen molar-refractivity contribution in [2.75, 3.05) is 5.75 Å². The van der Waals surface area contributed by atoms with Gasteiger partial charge in [-0.1, -0.05) is 17.8 Å². The van der Waals surface area contributed by atoms with Crippen molar-refractivity contribution in [1.82, 2.24) is 24.8 Å². The zero-order valence-corrected chi connectivity index (χ0v) is 15.1. The Balaban J connectivity index is 1.40. The first-order valence-electron chi connectivity index (χ1n) is 8.46. The molecule has 7 heteroatoms. The molecule has 1 atom stereocenters. The normalized spacial score (nSPS) is 15.4. The van der Waals surface area contributed by atoms with Gasteiger partial charge in [-0.15, -0.1) is 0 Å². The molecule has 130 valence electrons. The molecule has 1 aromatic carbocycles. The summed E-state index contributed by atoms with van der Waals surface area (Å²) in [6.45, 7) is 2.05. The van der Waals surface area contributed by atoms with Gasteiger partial charge in [-0.25, -0.2) is 9.97 Å². The highest BCUT2D eigenvalue weighted by Crippen LogP contribution is 2.40. The summed E-state index contributed by atoms with van der Waals surface area (Å²) in [6, 6.07) is 6.11. The molecule has 3 aromatic rings. The predicted octanol–water partition coefficient (Wildman–Crippen LogP) is 2.96. The predicted molar refractivity (Wildman–Crippen MR) is 98.4 cm³/mol. The zero-order valence-electron chi connectivity index (χ0n) is 14.3. The van der Waals surface area contributed by atoms with E-state index in [9.17, 15) is 4.79 Å². The van der Waals surface area contributed by atoms with Gasteiger partial charge in [-0.05, 0) is 43.4 Å². The molecule has 2 aromatic heterocycles. The molecule has 0 saturated heterocycles. The highest BCUT2D eigenvalue weighted by atomic mass is 32.2. The third kappa shape index (κ3) is 3.56. The number of hydrogen-bond donors (Lipinski definition) is 2. The van der Waals surface area contributed by atoms with Crippen molar-refractivity contribution >= 4 is 28.7 Å². The Kier molecular flexibility index (Phi) is 4.25. The highest BCUT2D eigenvalue weighted by molar-refractivity contribution is 7.99. The lowest BCUT2D eigenvalue weighted by Crippen LogP contribution is -2.32. The van der Waals surface area contributed by atoms with Gasteiger partial charge in [0.05, 0.1) is 22.8 Å². The van der Waals surface area contributed by atoms with E-state index in [2.05, 4.69) is 33.3 Å². The molecule has 25 heavy (non-hydrogen) atoms. The maximum absolute atomic E-state index is 12.4. The Morgan fingerprint density at radius 3 is 3.04 bits per heavy atom. The number of imidazole rings is 2. The van der Waals surface area contributed by atoms with Crippen molar-refractivity contribution in [1.29, 1.82) is 0 Å². The van der Waals surface area contributed by atoms with Gasteiger partial charge in [0.1, 0.15) is 5.82 Å². The van der Waals surface area contributed by atoms with Gasteiger partial charge >= 0.3 is 0 Å². The number of amides is 1. The minimum Gasteiger partial charge on any atom is -0.345 e. The molecule has 1 fully saturated rings. The first kappa shape index (κ1) is 16.2. The Labute approximate surface area is 150 Å². The fraction of sp³-hybridized carbons (Fsp3) is 0.389. The minimum atomic E-state index is 0.00595. The van der Waals surface area contributed by atoms with Crippen molar-refractivity contribution in [3.8, 4) is 0 Å². The quantitative estimate of drug-likeness (QED) is 0.667. The van der Waals surface area contributed by atoms with Gasteiger partial charge in [0, 0.05) is 19.4 Å². The van der Waals surface area contributed by atoms with Crippen LogP contribution in [0.2, 0.25) is 0 Å². The lowest BCUT2D eigenvalue weighted by Gasteiger charge is -2.17. The number of carbonyl (C=O) groups is 1. The highest BCUT2D eigenvalue weighted by Gasteiger charge is 2.35. The molecule has 2 heterocycles. The minimum absolute atomic E-state index is 0.00595. The van der Waals surface area contributed by atoms with Gasteiger partial charge in [-0.2, -0.15) is 0 Å². The molecule has 0 spiro atoms. The zero-order chi connectivity index (χ0) is 17.4. The molecular formula is C18H21N5OS. The number of fused-ring (bicyclic) bond motifs is 1. The maximum atomic E-state index is 12.4. The molecule has 1 saturated carbocycles. The number of aryl methyl sites for hydroxylation is 2. The van der Waals surface area contributed by atoms with Crippen LogP contribution >= 0.6 is 11.8 Å². The van der Waals surface area contributed by atoms with Crippen LogP contribution in [0, 0.1) is 12.8 Å². The second kappa shape index (κ2) is 6.55. The fourth-order valence-electron chi connectivity index (χ4n) is 3.02. The molecular weight excluding hydrogens is 334 g/mol. The van der Waals surface area contributed by atoms with Crippen molar-refractivity contribution in [3.05, 3.63) is 42.0 Å². The van der Waals surface area contributed by atoms with Crippen LogP contribution < -0.4 is 5.32 Å². The van der Waals surface area contributed by atoms with Crippen molar-refractivity contribution in [2.24, 2.45) is 13.0 Å². The number of benzene rings is 1. The van der Waals surface area contributed by atoms with Crippen LogP contribution in [0.3, 0.4) is 0 Å². The average molecular weight is 355 g/mol. The molecule has 0 aliphatic heterocycles. The summed E-state index contributed by atoms with van der Waals surface area (Å²) in [4.78, 5) is 24.6. The molecule has 1 aliphatic carbocycles. The summed E-state index contributed by atoms with van der Waals surface area (Å²) in [7, 11) is 1.97. The third-order valence-electron chi connectivity index (χ3n) is 4.50. The van der Waals surface area contributed by atoms with Crippen LogP contribution in [-0.4, -0.2) is 31.2 Å². The number of aromatic nitrogens is 4. The Morgan fingerprint density at radius 2 is 2.32 bits per heavy atom. The van der Waals surface area contributed by atoms with E-state index in [0.29, 0.717) is 11.7 Å². The van der Waals surface area contributed by atoms with E-state index in [1.807, 2.05) is 29.9 Å².